The Bertz CT molecular complexity index is 2580. The van der Waals surface area contributed by atoms with Gasteiger partial charge in [0.1, 0.15) is 11.5 Å². The number of ether oxygens (including phenoxy) is 4. The van der Waals surface area contributed by atoms with E-state index < -0.39 is 64.5 Å². The quantitative estimate of drug-likeness (QED) is 0.106. The predicted octanol–water partition coefficient (Wildman–Crippen LogP) is 8.51. The number of benzene rings is 4. The Kier molecular flexibility index (Phi) is 15.3. The lowest BCUT2D eigenvalue weighted by Gasteiger charge is -2.19. The Labute approximate surface area is 384 Å². The minimum Gasteiger partial charge on any atom is -0.476 e. The Hall–Kier alpha value is -5.06. The molecule has 2 fully saturated rings. The SMILES string of the molecule is O=C(Nc1ncc(F)s1)C(Oc1ccc(Cl)cc1)c1ccc(S(=O)(=O)C2CCOC2)cc1.O=C(Nc1ncc(F)s1)C(Oc1ccc(Cl)cc1)c1ccc(S(=O)(=O)C2CCOC2)cc1. The van der Waals surface area contributed by atoms with Crippen LogP contribution in [0.4, 0.5) is 19.0 Å². The highest BCUT2D eigenvalue weighted by molar-refractivity contribution is 7.92. The molecule has 0 radical (unpaired) electrons. The number of nitrogens with zero attached hydrogens (tertiary/aromatic N) is 2. The Morgan fingerprint density at radius 1 is 0.609 bits per heavy atom. The fourth-order valence-corrected chi connectivity index (χ4v) is 10.9. The second kappa shape index (κ2) is 20.8. The number of aromatic nitrogens is 2. The van der Waals surface area contributed by atoms with Crippen LogP contribution in [0.3, 0.4) is 0 Å². The molecule has 0 bridgehead atoms. The van der Waals surface area contributed by atoms with Crippen LogP contribution >= 0.6 is 45.9 Å². The zero-order valence-electron chi connectivity index (χ0n) is 33.1. The molecular weight excluding hydrogens is 958 g/mol. The van der Waals surface area contributed by atoms with E-state index in [1.165, 1.54) is 48.5 Å². The van der Waals surface area contributed by atoms with Crippen LogP contribution in [-0.2, 0) is 38.7 Å². The van der Waals surface area contributed by atoms with Gasteiger partial charge < -0.3 is 18.9 Å². The van der Waals surface area contributed by atoms with Gasteiger partial charge in [0.25, 0.3) is 11.8 Å². The minimum atomic E-state index is -3.54. The number of anilines is 2. The number of carbonyl (C=O) groups is 2. The standard InChI is InChI=1S/2C21H18ClFN2O5S2/c2*22-14-3-5-15(6-4-14)30-19(20(26)25-21-24-11-18(23)31-21)13-1-7-16(8-2-13)32(27,28)17-9-10-29-12-17/h2*1-8,11,17,19H,9-10,12H2,(H,24,25,26). The molecule has 6 aromatic rings. The normalized spacial score (nSPS) is 17.1. The fourth-order valence-electron chi connectivity index (χ4n) is 6.38. The summed E-state index contributed by atoms with van der Waals surface area (Å²) in [5.41, 5.74) is 0.826. The van der Waals surface area contributed by atoms with Gasteiger partial charge in [-0.15, -0.1) is 0 Å². The molecule has 2 aliphatic heterocycles. The lowest BCUT2D eigenvalue weighted by Crippen LogP contribution is -2.26. The van der Waals surface area contributed by atoms with Crippen LogP contribution in [0.5, 0.6) is 11.5 Å². The minimum absolute atomic E-state index is 0.0811. The second-order valence-corrected chi connectivity index (χ2v) is 21.3. The summed E-state index contributed by atoms with van der Waals surface area (Å²) in [6.07, 6.45) is 0.603. The number of nitrogens with one attached hydrogen (secondary N) is 2. The zero-order valence-corrected chi connectivity index (χ0v) is 37.8. The number of amides is 2. The number of rotatable bonds is 14. The van der Waals surface area contributed by atoms with Crippen LogP contribution in [-0.4, -0.2) is 75.5 Å². The Morgan fingerprint density at radius 2 is 0.969 bits per heavy atom. The van der Waals surface area contributed by atoms with Gasteiger partial charge in [0.2, 0.25) is 12.2 Å². The van der Waals surface area contributed by atoms with Gasteiger partial charge in [0.15, 0.2) is 40.2 Å². The van der Waals surface area contributed by atoms with Crippen molar-refractivity contribution in [2.45, 2.75) is 45.3 Å². The molecule has 336 valence electrons. The van der Waals surface area contributed by atoms with Crippen molar-refractivity contribution in [3.05, 3.63) is 141 Å². The molecule has 4 unspecified atom stereocenters. The fraction of sp³-hybridized carbons (Fsp3) is 0.238. The highest BCUT2D eigenvalue weighted by Crippen LogP contribution is 2.31. The molecule has 8 rings (SSSR count). The van der Waals surface area contributed by atoms with Crippen molar-refractivity contribution in [3.8, 4) is 11.5 Å². The Balaban J connectivity index is 0.000000191. The number of hydrogen-bond acceptors (Lipinski definition) is 14. The van der Waals surface area contributed by atoms with E-state index in [2.05, 4.69) is 20.6 Å². The summed E-state index contributed by atoms with van der Waals surface area (Å²) in [7, 11) is -7.08. The monoisotopic (exact) mass is 992 g/mol. The first-order chi connectivity index (χ1) is 30.6. The van der Waals surface area contributed by atoms with Crippen molar-refractivity contribution in [1.29, 1.82) is 0 Å². The maximum atomic E-state index is 13.3. The van der Waals surface area contributed by atoms with E-state index in [4.69, 9.17) is 42.1 Å². The maximum Gasteiger partial charge on any atom is 0.271 e. The van der Waals surface area contributed by atoms with Gasteiger partial charge in [-0.1, -0.05) is 70.1 Å². The molecule has 0 saturated carbocycles. The Morgan fingerprint density at radius 3 is 1.27 bits per heavy atom. The van der Waals surface area contributed by atoms with Gasteiger partial charge in [-0.05, 0) is 85.6 Å². The molecule has 2 aliphatic rings. The summed E-state index contributed by atoms with van der Waals surface area (Å²) in [6.45, 7) is 1.16. The molecule has 2 saturated heterocycles. The molecule has 2 N–H and O–H groups in total. The number of sulfone groups is 2. The third kappa shape index (κ3) is 11.8. The third-order valence-electron chi connectivity index (χ3n) is 9.70. The van der Waals surface area contributed by atoms with Gasteiger partial charge in [-0.2, -0.15) is 8.78 Å². The summed E-state index contributed by atoms with van der Waals surface area (Å²) in [5.74, 6) is -0.428. The van der Waals surface area contributed by atoms with Crippen LogP contribution < -0.4 is 20.1 Å². The average Bonchev–Trinajstić information content (AvgIpc) is 4.14. The number of carbonyl (C=O) groups excluding carboxylic acids is 2. The molecule has 64 heavy (non-hydrogen) atoms. The molecule has 14 nitrogen and oxygen atoms in total. The van der Waals surface area contributed by atoms with E-state index in [1.54, 1.807) is 48.5 Å². The average molecular weight is 994 g/mol. The van der Waals surface area contributed by atoms with Gasteiger partial charge in [0, 0.05) is 34.4 Å². The molecular formula is C42H36Cl2F2N4O10S4. The van der Waals surface area contributed by atoms with Crippen LogP contribution in [0.2, 0.25) is 10.0 Å². The molecule has 22 heteroatoms. The smallest absolute Gasteiger partial charge is 0.271 e. The lowest BCUT2D eigenvalue weighted by molar-refractivity contribution is -0.123. The van der Waals surface area contributed by atoms with E-state index in [0.717, 1.165) is 12.4 Å². The first kappa shape index (κ1) is 46.9. The zero-order chi connectivity index (χ0) is 45.4. The van der Waals surface area contributed by atoms with Crippen molar-refractivity contribution in [2.75, 3.05) is 37.1 Å². The van der Waals surface area contributed by atoms with Gasteiger partial charge in [-0.25, -0.2) is 26.8 Å². The highest BCUT2D eigenvalue weighted by Gasteiger charge is 2.33. The summed E-state index contributed by atoms with van der Waals surface area (Å²) >= 11 is 13.2. The molecule has 4 atom stereocenters. The van der Waals surface area contributed by atoms with Crippen molar-refractivity contribution < 1.29 is 54.2 Å². The van der Waals surface area contributed by atoms with Gasteiger partial charge in [0.05, 0.1) is 45.9 Å². The van der Waals surface area contributed by atoms with Gasteiger partial charge >= 0.3 is 0 Å². The van der Waals surface area contributed by atoms with E-state index in [-0.39, 0.29) is 33.3 Å². The van der Waals surface area contributed by atoms with E-state index in [0.29, 0.717) is 81.4 Å². The molecule has 2 amide bonds. The molecule has 0 spiro atoms. The van der Waals surface area contributed by atoms with E-state index >= 15 is 0 Å². The first-order valence-electron chi connectivity index (χ1n) is 19.2. The summed E-state index contributed by atoms with van der Waals surface area (Å²) in [4.78, 5) is 33.7. The van der Waals surface area contributed by atoms with E-state index in [9.17, 15) is 35.2 Å². The number of thiazole rings is 2. The van der Waals surface area contributed by atoms with Crippen LogP contribution in [0.15, 0.2) is 119 Å². The number of halogens is 4. The van der Waals surface area contributed by atoms with Crippen molar-refractivity contribution in [1.82, 2.24) is 9.97 Å². The topological polar surface area (TPSA) is 189 Å². The molecule has 2 aromatic heterocycles. The second-order valence-electron chi connectivity index (χ2n) is 14.0. The third-order valence-corrected chi connectivity index (χ3v) is 16.0. The van der Waals surface area contributed by atoms with Crippen LogP contribution in [0, 0.1) is 10.3 Å². The highest BCUT2D eigenvalue weighted by atomic mass is 35.5. The largest absolute Gasteiger partial charge is 0.476 e. The molecule has 0 aliphatic carbocycles. The summed E-state index contributed by atoms with van der Waals surface area (Å²) in [6, 6.07) is 24.7. The molecule has 4 heterocycles. The summed E-state index contributed by atoms with van der Waals surface area (Å²) < 4.78 is 99.7. The molecule has 4 aromatic carbocycles. The lowest BCUT2D eigenvalue weighted by atomic mass is 10.1. The predicted molar refractivity (Wildman–Crippen MR) is 237 cm³/mol. The van der Waals surface area contributed by atoms with Crippen molar-refractivity contribution in [3.63, 3.8) is 0 Å². The first-order valence-corrected chi connectivity index (χ1v) is 24.7. The van der Waals surface area contributed by atoms with Crippen molar-refractivity contribution >= 4 is 87.6 Å². The van der Waals surface area contributed by atoms with Crippen molar-refractivity contribution in [2.24, 2.45) is 0 Å². The summed E-state index contributed by atoms with van der Waals surface area (Å²) in [5, 5.41) is 3.96. The number of hydrogen-bond donors (Lipinski definition) is 2. The van der Waals surface area contributed by atoms with Gasteiger partial charge in [-0.3, -0.25) is 20.2 Å². The van der Waals surface area contributed by atoms with E-state index in [1.807, 2.05) is 0 Å². The maximum absolute atomic E-state index is 13.3. The van der Waals surface area contributed by atoms with Crippen LogP contribution in [0.1, 0.15) is 36.2 Å². The van der Waals surface area contributed by atoms with Crippen LogP contribution in [0.25, 0.3) is 0 Å².